The molecule has 2 aromatic rings. The van der Waals surface area contributed by atoms with Crippen LogP contribution in [0.1, 0.15) is 11.4 Å². The largest absolute Gasteiger partial charge is 0.290 e. The van der Waals surface area contributed by atoms with Crippen molar-refractivity contribution in [3.63, 3.8) is 0 Å². The monoisotopic (exact) mass is 178 g/mol. The van der Waals surface area contributed by atoms with Crippen LogP contribution in [-0.2, 0) is 7.05 Å². The second-order valence-electron chi connectivity index (χ2n) is 3.07. The number of hydrogen-bond acceptors (Lipinski definition) is 3. The van der Waals surface area contributed by atoms with Gasteiger partial charge >= 0.3 is 0 Å². The van der Waals surface area contributed by atoms with Crippen molar-refractivity contribution < 1.29 is 0 Å². The van der Waals surface area contributed by atoms with Gasteiger partial charge in [-0.3, -0.25) is 9.48 Å². The maximum Gasteiger partial charge on any atom is 0.290 e. The van der Waals surface area contributed by atoms with E-state index in [2.05, 4.69) is 15.3 Å². The molecular formula is C8H10N4O. The topological polar surface area (TPSA) is 63.6 Å². The van der Waals surface area contributed by atoms with E-state index in [1.807, 2.05) is 13.8 Å². The Morgan fingerprint density at radius 2 is 2.00 bits per heavy atom. The zero-order chi connectivity index (χ0) is 9.59. The van der Waals surface area contributed by atoms with Gasteiger partial charge in [-0.05, 0) is 13.8 Å². The Labute approximate surface area is 74.4 Å². The van der Waals surface area contributed by atoms with E-state index in [0.717, 1.165) is 16.8 Å². The Morgan fingerprint density at radius 1 is 1.31 bits per heavy atom. The average molecular weight is 178 g/mol. The Kier molecular flexibility index (Phi) is 1.48. The van der Waals surface area contributed by atoms with Crippen molar-refractivity contribution in [2.45, 2.75) is 13.8 Å². The van der Waals surface area contributed by atoms with Crippen molar-refractivity contribution in [1.29, 1.82) is 0 Å². The summed E-state index contributed by atoms with van der Waals surface area (Å²) in [4.78, 5) is 11.4. The van der Waals surface area contributed by atoms with Crippen molar-refractivity contribution in [2.24, 2.45) is 7.05 Å². The average Bonchev–Trinajstić information content (AvgIpc) is 2.36. The lowest BCUT2D eigenvalue weighted by Crippen LogP contribution is -2.12. The van der Waals surface area contributed by atoms with Crippen LogP contribution in [0.15, 0.2) is 4.79 Å². The van der Waals surface area contributed by atoms with Crippen LogP contribution in [0.2, 0.25) is 0 Å². The van der Waals surface area contributed by atoms with E-state index >= 15 is 0 Å². The van der Waals surface area contributed by atoms with Gasteiger partial charge in [0.1, 0.15) is 5.52 Å². The summed E-state index contributed by atoms with van der Waals surface area (Å²) in [6.45, 7) is 3.73. The molecule has 0 radical (unpaired) electrons. The molecule has 0 fully saturated rings. The van der Waals surface area contributed by atoms with E-state index in [4.69, 9.17) is 0 Å². The molecule has 0 saturated heterocycles. The van der Waals surface area contributed by atoms with Gasteiger partial charge in [-0.25, -0.2) is 5.10 Å². The third-order valence-corrected chi connectivity index (χ3v) is 2.12. The van der Waals surface area contributed by atoms with Gasteiger partial charge in [-0.2, -0.15) is 10.2 Å². The van der Waals surface area contributed by atoms with E-state index in [9.17, 15) is 4.79 Å². The van der Waals surface area contributed by atoms with Crippen LogP contribution < -0.4 is 5.56 Å². The number of rotatable bonds is 0. The van der Waals surface area contributed by atoms with Crippen molar-refractivity contribution in [1.82, 2.24) is 20.0 Å². The van der Waals surface area contributed by atoms with Gasteiger partial charge < -0.3 is 0 Å². The molecule has 0 saturated carbocycles. The molecule has 0 unspecified atom stereocenters. The minimum Gasteiger partial charge on any atom is -0.266 e. The van der Waals surface area contributed by atoms with Gasteiger partial charge in [0.2, 0.25) is 0 Å². The van der Waals surface area contributed by atoms with Crippen LogP contribution in [0, 0.1) is 13.8 Å². The molecule has 0 atom stereocenters. The van der Waals surface area contributed by atoms with Gasteiger partial charge in [-0.15, -0.1) is 0 Å². The first-order valence-corrected chi connectivity index (χ1v) is 4.00. The second kappa shape index (κ2) is 2.42. The lowest BCUT2D eigenvalue weighted by molar-refractivity contribution is 0.777. The number of aryl methyl sites for hydroxylation is 3. The molecule has 5 nitrogen and oxygen atoms in total. The van der Waals surface area contributed by atoms with Gasteiger partial charge in [0.05, 0.1) is 16.8 Å². The van der Waals surface area contributed by atoms with Gasteiger partial charge in [0.15, 0.2) is 0 Å². The molecule has 0 bridgehead atoms. The fourth-order valence-corrected chi connectivity index (χ4v) is 1.60. The lowest BCUT2D eigenvalue weighted by atomic mass is 10.2. The normalized spacial score (nSPS) is 11.0. The summed E-state index contributed by atoms with van der Waals surface area (Å²) in [5, 5.41) is 11.3. The number of nitrogens with zero attached hydrogens (tertiary/aromatic N) is 3. The molecule has 0 spiro atoms. The standard InChI is InChI=1S/C8H10N4O/c1-4-6-5(2)11-12(3)7(6)8(13)10-9-4/h1-3H3,(H,10,13). The zero-order valence-corrected chi connectivity index (χ0v) is 7.75. The fraction of sp³-hybridized carbons (Fsp3) is 0.375. The SMILES string of the molecule is Cc1n[nH]c(=O)c2c1c(C)nn2C. The van der Waals surface area contributed by atoms with Crippen LogP contribution in [0.5, 0.6) is 0 Å². The molecule has 13 heavy (non-hydrogen) atoms. The minimum atomic E-state index is -0.191. The number of nitrogens with one attached hydrogen (secondary N) is 1. The summed E-state index contributed by atoms with van der Waals surface area (Å²) in [5.74, 6) is 0. The minimum absolute atomic E-state index is 0.191. The summed E-state index contributed by atoms with van der Waals surface area (Å²) < 4.78 is 1.58. The third-order valence-electron chi connectivity index (χ3n) is 2.12. The van der Waals surface area contributed by atoms with Crippen molar-refractivity contribution in [2.75, 3.05) is 0 Å². The van der Waals surface area contributed by atoms with E-state index in [1.54, 1.807) is 11.7 Å². The van der Waals surface area contributed by atoms with E-state index in [-0.39, 0.29) is 5.56 Å². The van der Waals surface area contributed by atoms with Crippen LogP contribution in [0.4, 0.5) is 0 Å². The predicted octanol–water partition coefficient (Wildman–Crippen LogP) is 0.273. The Morgan fingerprint density at radius 3 is 2.62 bits per heavy atom. The highest BCUT2D eigenvalue weighted by atomic mass is 16.1. The summed E-state index contributed by atoms with van der Waals surface area (Å²) in [5.41, 5.74) is 2.04. The molecule has 1 N–H and O–H groups in total. The highest BCUT2D eigenvalue weighted by molar-refractivity contribution is 5.82. The molecule has 2 heterocycles. The van der Waals surface area contributed by atoms with Crippen molar-refractivity contribution >= 4 is 10.9 Å². The predicted molar refractivity (Wildman–Crippen MR) is 48.6 cm³/mol. The number of H-pyrrole nitrogens is 1. The molecule has 68 valence electrons. The molecule has 0 aromatic carbocycles. The highest BCUT2D eigenvalue weighted by Crippen LogP contribution is 2.14. The zero-order valence-electron chi connectivity index (χ0n) is 7.75. The Balaban J connectivity index is 3.12. The summed E-state index contributed by atoms with van der Waals surface area (Å²) in [7, 11) is 1.75. The van der Waals surface area contributed by atoms with Gasteiger partial charge in [0.25, 0.3) is 5.56 Å². The molecule has 2 aromatic heterocycles. The van der Waals surface area contributed by atoms with Crippen LogP contribution in [0.25, 0.3) is 10.9 Å². The second-order valence-corrected chi connectivity index (χ2v) is 3.07. The highest BCUT2D eigenvalue weighted by Gasteiger charge is 2.11. The smallest absolute Gasteiger partial charge is 0.266 e. The maximum absolute atomic E-state index is 11.4. The molecule has 0 aliphatic heterocycles. The van der Waals surface area contributed by atoms with Crippen LogP contribution in [0.3, 0.4) is 0 Å². The molecule has 0 aliphatic carbocycles. The third kappa shape index (κ3) is 0.965. The molecule has 2 rings (SSSR count). The molecular weight excluding hydrogens is 168 g/mol. The van der Waals surface area contributed by atoms with Gasteiger partial charge in [0, 0.05) is 7.05 Å². The number of aromatic nitrogens is 4. The molecule has 0 amide bonds. The molecule has 0 aliphatic rings. The number of hydrogen-bond donors (Lipinski definition) is 1. The quantitative estimate of drug-likeness (QED) is 0.630. The Bertz CT molecular complexity index is 523. The van der Waals surface area contributed by atoms with Crippen LogP contribution >= 0.6 is 0 Å². The van der Waals surface area contributed by atoms with E-state index < -0.39 is 0 Å². The number of fused-ring (bicyclic) bond motifs is 1. The van der Waals surface area contributed by atoms with Crippen molar-refractivity contribution in [3.05, 3.63) is 21.7 Å². The lowest BCUT2D eigenvalue weighted by Gasteiger charge is -1.94. The van der Waals surface area contributed by atoms with Crippen LogP contribution in [-0.4, -0.2) is 20.0 Å². The summed E-state index contributed by atoms with van der Waals surface area (Å²) >= 11 is 0. The fourth-order valence-electron chi connectivity index (χ4n) is 1.60. The van der Waals surface area contributed by atoms with E-state index in [1.165, 1.54) is 0 Å². The molecule has 5 heteroatoms. The summed E-state index contributed by atoms with van der Waals surface area (Å²) in [6, 6.07) is 0. The first kappa shape index (κ1) is 7.97. The summed E-state index contributed by atoms with van der Waals surface area (Å²) in [6.07, 6.45) is 0. The maximum atomic E-state index is 11.4. The number of aromatic amines is 1. The Hall–Kier alpha value is -1.65. The first-order valence-electron chi connectivity index (χ1n) is 4.00. The van der Waals surface area contributed by atoms with Crippen molar-refractivity contribution in [3.8, 4) is 0 Å². The van der Waals surface area contributed by atoms with Gasteiger partial charge in [-0.1, -0.05) is 0 Å². The first-order chi connectivity index (χ1) is 6.11. The van der Waals surface area contributed by atoms with E-state index in [0.29, 0.717) is 5.52 Å².